The normalized spacial score (nSPS) is 24.3. The van der Waals surface area contributed by atoms with E-state index < -0.39 is 11.9 Å². The molecule has 2 saturated heterocycles. The van der Waals surface area contributed by atoms with Crippen molar-refractivity contribution >= 4 is 35.3 Å². The summed E-state index contributed by atoms with van der Waals surface area (Å²) < 4.78 is 17.3. The maximum Gasteiger partial charge on any atom is 0.255 e. The number of halogens is 2. The Morgan fingerprint density at radius 1 is 0.962 bits per heavy atom. The van der Waals surface area contributed by atoms with E-state index in [0.29, 0.717) is 40.6 Å². The number of benzene rings is 1. The molecule has 3 amide bonds. The number of aromatic nitrogens is 4. The lowest BCUT2D eigenvalue weighted by molar-refractivity contribution is -0.136. The number of aryl methyl sites for hydroxylation is 1. The lowest BCUT2D eigenvalue weighted by Gasteiger charge is -2.34. The minimum absolute atomic E-state index is 0.0897. The quantitative estimate of drug-likeness (QED) is 0.242. The number of piperidine rings is 2. The predicted molar refractivity (Wildman–Crippen MR) is 194 cm³/mol. The van der Waals surface area contributed by atoms with Crippen LogP contribution in [0.25, 0.3) is 11.3 Å². The zero-order valence-electron chi connectivity index (χ0n) is 29.7. The van der Waals surface area contributed by atoms with Gasteiger partial charge in [-0.3, -0.25) is 24.4 Å². The van der Waals surface area contributed by atoms with Crippen molar-refractivity contribution < 1.29 is 18.8 Å². The van der Waals surface area contributed by atoms with Gasteiger partial charge in [-0.1, -0.05) is 17.7 Å². The summed E-state index contributed by atoms with van der Waals surface area (Å²) in [4.78, 5) is 50.3. The first-order valence-corrected chi connectivity index (χ1v) is 19.3. The summed E-state index contributed by atoms with van der Waals surface area (Å²) in [6.45, 7) is 3.91. The smallest absolute Gasteiger partial charge is 0.255 e. The van der Waals surface area contributed by atoms with Crippen molar-refractivity contribution in [2.24, 2.45) is 13.0 Å². The summed E-state index contributed by atoms with van der Waals surface area (Å²) in [7, 11) is 1.98. The van der Waals surface area contributed by atoms with Gasteiger partial charge in [0.15, 0.2) is 0 Å². The predicted octanol–water partition coefficient (Wildman–Crippen LogP) is 4.58. The van der Waals surface area contributed by atoms with Crippen LogP contribution in [0.5, 0.6) is 0 Å². The molecule has 2 aliphatic carbocycles. The molecule has 8 rings (SSSR count). The number of rotatable bonds is 11. The molecule has 4 fully saturated rings. The molecule has 0 spiro atoms. The second-order valence-electron chi connectivity index (χ2n) is 15.4. The molecule has 12 nitrogen and oxygen atoms in total. The molecule has 3 N–H and O–H groups in total. The SMILES string of the molecule is Cn1ncc(-c2nc(NC3CCC(NCCN4CCC(c5cc6c(cc5F)C(=O)N(C5CCC(=O)NC5=O)C6)CC4)CC3)ncc2Cl)c1CC1CC1. The van der Waals surface area contributed by atoms with E-state index in [-0.39, 0.29) is 36.5 Å². The van der Waals surface area contributed by atoms with E-state index in [1.807, 2.05) is 24.0 Å². The summed E-state index contributed by atoms with van der Waals surface area (Å²) in [5.74, 6) is -0.0376. The Morgan fingerprint density at radius 2 is 1.73 bits per heavy atom. The molecule has 2 aromatic heterocycles. The number of nitrogens with zero attached hydrogens (tertiary/aromatic N) is 6. The number of anilines is 1. The van der Waals surface area contributed by atoms with Gasteiger partial charge in [-0.25, -0.2) is 14.4 Å². The lowest BCUT2D eigenvalue weighted by atomic mass is 9.87. The third-order valence-electron chi connectivity index (χ3n) is 11.8. The first-order valence-electron chi connectivity index (χ1n) is 18.9. The monoisotopic (exact) mass is 731 g/mol. The van der Waals surface area contributed by atoms with Gasteiger partial charge in [0.05, 0.1) is 23.1 Å². The molecule has 5 heterocycles. The molecular weight excluding hydrogens is 685 g/mol. The van der Waals surface area contributed by atoms with Crippen molar-refractivity contribution in [2.75, 3.05) is 31.5 Å². The number of nitrogens with one attached hydrogen (secondary N) is 3. The third-order valence-corrected chi connectivity index (χ3v) is 12.1. The van der Waals surface area contributed by atoms with Crippen LogP contribution in [0.1, 0.15) is 97.3 Å². The van der Waals surface area contributed by atoms with E-state index in [2.05, 4.69) is 30.9 Å². The second-order valence-corrected chi connectivity index (χ2v) is 15.8. The van der Waals surface area contributed by atoms with Crippen molar-refractivity contribution in [3.8, 4) is 11.3 Å². The van der Waals surface area contributed by atoms with Crippen molar-refractivity contribution in [1.29, 1.82) is 0 Å². The minimum Gasteiger partial charge on any atom is -0.351 e. The molecule has 1 atom stereocenters. The van der Waals surface area contributed by atoms with Gasteiger partial charge in [-0.2, -0.15) is 5.10 Å². The van der Waals surface area contributed by atoms with Gasteiger partial charge in [0.25, 0.3) is 5.91 Å². The van der Waals surface area contributed by atoms with Crippen LogP contribution < -0.4 is 16.0 Å². The topological polar surface area (TPSA) is 137 Å². The molecule has 276 valence electrons. The third kappa shape index (κ3) is 7.45. The fraction of sp³-hybridized carbons (Fsp3) is 0.579. The van der Waals surface area contributed by atoms with Crippen LogP contribution in [0.3, 0.4) is 0 Å². The minimum atomic E-state index is -0.701. The number of likely N-dealkylation sites (tertiary alicyclic amines) is 1. The van der Waals surface area contributed by atoms with Gasteiger partial charge >= 0.3 is 0 Å². The fourth-order valence-electron chi connectivity index (χ4n) is 8.56. The molecule has 3 aliphatic heterocycles. The van der Waals surface area contributed by atoms with Crippen molar-refractivity contribution in [3.05, 3.63) is 57.8 Å². The summed E-state index contributed by atoms with van der Waals surface area (Å²) in [5, 5.41) is 14.7. The van der Waals surface area contributed by atoms with Gasteiger partial charge in [0.1, 0.15) is 11.9 Å². The molecular formula is C38H47ClFN9O3. The van der Waals surface area contributed by atoms with Gasteiger partial charge < -0.3 is 20.4 Å². The molecule has 0 bridgehead atoms. The number of fused-ring (bicyclic) bond motifs is 1. The summed E-state index contributed by atoms with van der Waals surface area (Å²) in [6.07, 6.45) is 13.5. The van der Waals surface area contributed by atoms with Gasteiger partial charge in [0.2, 0.25) is 17.8 Å². The van der Waals surface area contributed by atoms with E-state index >= 15 is 4.39 Å². The molecule has 1 unspecified atom stereocenters. The Hall–Kier alpha value is -3.94. The summed E-state index contributed by atoms with van der Waals surface area (Å²) in [5.41, 5.74) is 4.67. The number of amides is 3. The van der Waals surface area contributed by atoms with Gasteiger partial charge in [-0.05, 0) is 106 Å². The highest BCUT2D eigenvalue weighted by Crippen LogP contribution is 2.38. The lowest BCUT2D eigenvalue weighted by Crippen LogP contribution is -2.52. The number of carbonyl (C=O) groups excluding carboxylic acids is 3. The van der Waals surface area contributed by atoms with Gasteiger partial charge in [0, 0.05) is 62.0 Å². The van der Waals surface area contributed by atoms with Gasteiger partial charge in [-0.15, -0.1) is 0 Å². The standard InChI is InChI=1S/C38H47ClFN9O3/c1-47-33(16-22-2-3-22)29(19-43-47)35-30(39)20-42-38(46-35)44-26-6-4-25(5-7-26)41-12-15-48-13-10-23(11-14-48)27-17-24-21-49(37(52)28(24)18-31(27)40)32-8-9-34(50)45-36(32)51/h17-20,22-23,25-26,32,41H,2-16,21H2,1H3,(H,42,44,46)(H,45,50,51). The highest BCUT2D eigenvalue weighted by molar-refractivity contribution is 6.33. The largest absolute Gasteiger partial charge is 0.351 e. The number of carbonyl (C=O) groups is 3. The Bertz CT molecular complexity index is 1850. The average molecular weight is 732 g/mol. The number of hydrogen-bond donors (Lipinski definition) is 3. The first-order chi connectivity index (χ1) is 25.2. The molecule has 2 saturated carbocycles. The van der Waals surface area contributed by atoms with E-state index in [9.17, 15) is 14.4 Å². The Morgan fingerprint density at radius 3 is 2.48 bits per heavy atom. The number of imide groups is 1. The first kappa shape index (κ1) is 35.1. The molecule has 5 aliphatic rings. The Labute approximate surface area is 308 Å². The van der Waals surface area contributed by atoms with E-state index in [1.165, 1.54) is 29.5 Å². The van der Waals surface area contributed by atoms with Crippen LogP contribution in [0.2, 0.25) is 5.02 Å². The molecule has 0 radical (unpaired) electrons. The fourth-order valence-corrected chi connectivity index (χ4v) is 8.76. The molecule has 52 heavy (non-hydrogen) atoms. The molecule has 14 heteroatoms. The highest BCUT2D eigenvalue weighted by Gasteiger charge is 2.40. The van der Waals surface area contributed by atoms with Crippen LogP contribution in [0.4, 0.5) is 10.3 Å². The van der Waals surface area contributed by atoms with Crippen molar-refractivity contribution in [1.82, 2.24) is 40.2 Å². The van der Waals surface area contributed by atoms with Crippen LogP contribution in [-0.2, 0) is 29.6 Å². The molecule has 1 aromatic carbocycles. The van der Waals surface area contributed by atoms with E-state index in [1.54, 1.807) is 6.20 Å². The van der Waals surface area contributed by atoms with Crippen LogP contribution in [0.15, 0.2) is 24.5 Å². The van der Waals surface area contributed by atoms with Crippen molar-refractivity contribution in [2.45, 2.75) is 101 Å². The summed E-state index contributed by atoms with van der Waals surface area (Å²) in [6, 6.07) is 3.27. The van der Waals surface area contributed by atoms with Crippen LogP contribution in [-0.4, -0.2) is 91.6 Å². The maximum absolute atomic E-state index is 15.4. The summed E-state index contributed by atoms with van der Waals surface area (Å²) >= 11 is 6.58. The second kappa shape index (κ2) is 14.8. The number of hydrogen-bond acceptors (Lipinski definition) is 9. The van der Waals surface area contributed by atoms with E-state index in [4.69, 9.17) is 16.6 Å². The average Bonchev–Trinajstić information content (AvgIpc) is 3.82. The Balaban J connectivity index is 0.774. The van der Waals surface area contributed by atoms with Crippen LogP contribution >= 0.6 is 11.6 Å². The van der Waals surface area contributed by atoms with Crippen LogP contribution in [0, 0.1) is 11.7 Å². The highest BCUT2D eigenvalue weighted by atomic mass is 35.5. The zero-order valence-corrected chi connectivity index (χ0v) is 30.4. The van der Waals surface area contributed by atoms with E-state index in [0.717, 1.165) is 93.9 Å². The maximum atomic E-state index is 15.4. The molecule has 3 aromatic rings. The van der Waals surface area contributed by atoms with Crippen molar-refractivity contribution in [3.63, 3.8) is 0 Å². The zero-order chi connectivity index (χ0) is 35.9. The Kier molecular flexibility index (Phi) is 10.0.